The van der Waals surface area contributed by atoms with Crippen LogP contribution in [-0.4, -0.2) is 16.0 Å². The maximum absolute atomic E-state index is 4.63. The van der Waals surface area contributed by atoms with Gasteiger partial charge in [0.15, 0.2) is 0 Å². The average molecular weight is 340 g/mol. The SMILES string of the molecule is ICCCCNCc1ccc2ccccc2n1. The largest absolute Gasteiger partial charge is 0.311 e. The van der Waals surface area contributed by atoms with Crippen LogP contribution in [0.1, 0.15) is 18.5 Å². The first-order valence-electron chi connectivity index (χ1n) is 6.01. The summed E-state index contributed by atoms with van der Waals surface area (Å²) >= 11 is 2.42. The highest BCUT2D eigenvalue weighted by Gasteiger charge is 1.97. The lowest BCUT2D eigenvalue weighted by Crippen LogP contribution is -2.15. The van der Waals surface area contributed by atoms with Crippen LogP contribution in [0.3, 0.4) is 0 Å². The molecule has 2 nitrogen and oxygen atoms in total. The Morgan fingerprint density at radius 3 is 2.82 bits per heavy atom. The van der Waals surface area contributed by atoms with Crippen molar-refractivity contribution >= 4 is 33.5 Å². The number of unbranched alkanes of at least 4 members (excludes halogenated alkanes) is 1. The predicted molar refractivity (Wildman–Crippen MR) is 81.6 cm³/mol. The Kier molecular flexibility index (Phi) is 5.19. The molecule has 1 aromatic heterocycles. The molecule has 1 N–H and O–H groups in total. The number of halogens is 1. The second-order valence-electron chi connectivity index (χ2n) is 4.07. The van der Waals surface area contributed by atoms with Gasteiger partial charge < -0.3 is 5.32 Å². The fraction of sp³-hybridized carbons (Fsp3) is 0.357. The van der Waals surface area contributed by atoms with Crippen LogP contribution in [0.4, 0.5) is 0 Å². The molecule has 0 spiro atoms. The Morgan fingerprint density at radius 1 is 1.06 bits per heavy atom. The summed E-state index contributed by atoms with van der Waals surface area (Å²) < 4.78 is 1.24. The van der Waals surface area contributed by atoms with E-state index in [9.17, 15) is 0 Å². The topological polar surface area (TPSA) is 24.9 Å². The first kappa shape index (κ1) is 12.8. The van der Waals surface area contributed by atoms with Crippen LogP contribution in [0.5, 0.6) is 0 Å². The summed E-state index contributed by atoms with van der Waals surface area (Å²) in [5.74, 6) is 0. The Labute approximate surface area is 116 Å². The van der Waals surface area contributed by atoms with Gasteiger partial charge in [-0.3, -0.25) is 4.98 Å². The van der Waals surface area contributed by atoms with E-state index < -0.39 is 0 Å². The van der Waals surface area contributed by atoms with Gasteiger partial charge in [-0.1, -0.05) is 46.9 Å². The van der Waals surface area contributed by atoms with Crippen molar-refractivity contribution in [2.45, 2.75) is 19.4 Å². The van der Waals surface area contributed by atoms with E-state index in [-0.39, 0.29) is 0 Å². The van der Waals surface area contributed by atoms with E-state index in [1.165, 1.54) is 22.7 Å². The molecule has 0 bridgehead atoms. The standard InChI is InChI=1S/C14H17IN2/c15-9-3-4-10-16-11-13-8-7-12-5-1-2-6-14(12)17-13/h1-2,5-8,16H,3-4,9-11H2. The summed E-state index contributed by atoms with van der Waals surface area (Å²) in [5, 5.41) is 4.64. The van der Waals surface area contributed by atoms with Crippen molar-refractivity contribution in [2.24, 2.45) is 0 Å². The molecule has 1 aromatic carbocycles. The van der Waals surface area contributed by atoms with Gasteiger partial charge in [0.2, 0.25) is 0 Å². The first-order chi connectivity index (χ1) is 8.40. The minimum Gasteiger partial charge on any atom is -0.311 e. The fourth-order valence-electron chi connectivity index (χ4n) is 1.77. The van der Waals surface area contributed by atoms with Crippen LogP contribution in [0.15, 0.2) is 36.4 Å². The van der Waals surface area contributed by atoms with Crippen molar-refractivity contribution in [1.29, 1.82) is 0 Å². The average Bonchev–Trinajstić information content (AvgIpc) is 2.38. The second kappa shape index (κ2) is 6.91. The molecule has 1 heterocycles. The fourth-order valence-corrected chi connectivity index (χ4v) is 2.31. The third-order valence-corrected chi connectivity index (χ3v) is 3.46. The number of nitrogens with one attached hydrogen (secondary N) is 1. The summed E-state index contributed by atoms with van der Waals surface area (Å²) in [7, 11) is 0. The lowest BCUT2D eigenvalue weighted by atomic mass is 10.2. The second-order valence-corrected chi connectivity index (χ2v) is 5.15. The van der Waals surface area contributed by atoms with Crippen molar-refractivity contribution in [3.8, 4) is 0 Å². The molecule has 17 heavy (non-hydrogen) atoms. The van der Waals surface area contributed by atoms with Crippen LogP contribution >= 0.6 is 22.6 Å². The molecule has 0 saturated heterocycles. The lowest BCUT2D eigenvalue weighted by molar-refractivity contribution is 0.638. The van der Waals surface area contributed by atoms with Gasteiger partial charge in [0.05, 0.1) is 11.2 Å². The number of benzene rings is 1. The molecule has 3 heteroatoms. The highest BCUT2D eigenvalue weighted by molar-refractivity contribution is 14.1. The molecule has 0 aliphatic rings. The number of para-hydroxylation sites is 1. The zero-order valence-corrected chi connectivity index (χ0v) is 12.0. The zero-order valence-electron chi connectivity index (χ0n) is 9.82. The van der Waals surface area contributed by atoms with Crippen LogP contribution in [-0.2, 0) is 6.54 Å². The molecule has 90 valence electrons. The van der Waals surface area contributed by atoms with Gasteiger partial charge in [-0.05, 0) is 35.9 Å². The van der Waals surface area contributed by atoms with E-state index >= 15 is 0 Å². The highest BCUT2D eigenvalue weighted by atomic mass is 127. The van der Waals surface area contributed by atoms with Crippen LogP contribution < -0.4 is 5.32 Å². The van der Waals surface area contributed by atoms with Crippen LogP contribution in [0, 0.1) is 0 Å². The molecule has 0 unspecified atom stereocenters. The number of fused-ring (bicyclic) bond motifs is 1. The van der Waals surface area contributed by atoms with Gasteiger partial charge in [-0.25, -0.2) is 0 Å². The molecular weight excluding hydrogens is 323 g/mol. The molecule has 0 fully saturated rings. The maximum atomic E-state index is 4.63. The van der Waals surface area contributed by atoms with Crippen molar-refractivity contribution in [2.75, 3.05) is 11.0 Å². The first-order valence-corrected chi connectivity index (χ1v) is 7.54. The molecule has 2 rings (SSSR count). The Bertz CT molecular complexity index is 470. The van der Waals surface area contributed by atoms with Gasteiger partial charge in [-0.15, -0.1) is 0 Å². The molecule has 0 saturated carbocycles. The Morgan fingerprint density at radius 2 is 1.94 bits per heavy atom. The molecule has 0 radical (unpaired) electrons. The van der Waals surface area contributed by atoms with E-state index in [1.807, 2.05) is 12.1 Å². The molecule has 2 aromatic rings. The number of rotatable bonds is 6. The maximum Gasteiger partial charge on any atom is 0.0705 e. The van der Waals surface area contributed by atoms with Gasteiger partial charge in [0.1, 0.15) is 0 Å². The minimum absolute atomic E-state index is 0.867. The van der Waals surface area contributed by atoms with Crippen molar-refractivity contribution in [3.63, 3.8) is 0 Å². The molecule has 0 atom stereocenters. The number of hydrogen-bond acceptors (Lipinski definition) is 2. The minimum atomic E-state index is 0.867. The van der Waals surface area contributed by atoms with Crippen molar-refractivity contribution in [1.82, 2.24) is 10.3 Å². The number of pyridine rings is 1. The van der Waals surface area contributed by atoms with Gasteiger partial charge in [-0.2, -0.15) is 0 Å². The molecule has 0 aliphatic carbocycles. The normalized spacial score (nSPS) is 10.9. The lowest BCUT2D eigenvalue weighted by Gasteiger charge is -2.05. The van der Waals surface area contributed by atoms with Crippen LogP contribution in [0.2, 0.25) is 0 Å². The van der Waals surface area contributed by atoms with E-state index in [2.05, 4.69) is 57.2 Å². The van der Waals surface area contributed by atoms with E-state index in [0.29, 0.717) is 0 Å². The van der Waals surface area contributed by atoms with Gasteiger partial charge in [0.25, 0.3) is 0 Å². The number of alkyl halides is 1. The van der Waals surface area contributed by atoms with E-state index in [1.54, 1.807) is 0 Å². The molecule has 0 aliphatic heterocycles. The summed E-state index contributed by atoms with van der Waals surface area (Å²) in [4.78, 5) is 4.63. The quantitative estimate of drug-likeness (QED) is 0.494. The summed E-state index contributed by atoms with van der Waals surface area (Å²) in [6.07, 6.45) is 2.54. The smallest absolute Gasteiger partial charge is 0.0705 e. The van der Waals surface area contributed by atoms with Crippen molar-refractivity contribution in [3.05, 3.63) is 42.1 Å². The third-order valence-electron chi connectivity index (χ3n) is 2.70. The van der Waals surface area contributed by atoms with E-state index in [0.717, 1.165) is 24.3 Å². The van der Waals surface area contributed by atoms with Crippen molar-refractivity contribution < 1.29 is 0 Å². The monoisotopic (exact) mass is 340 g/mol. The molecular formula is C14H17IN2. The molecule has 0 amide bonds. The predicted octanol–water partition coefficient (Wildman–Crippen LogP) is 3.54. The van der Waals surface area contributed by atoms with Crippen LogP contribution in [0.25, 0.3) is 10.9 Å². The number of aromatic nitrogens is 1. The zero-order chi connectivity index (χ0) is 11.9. The Hall–Kier alpha value is -0.680. The highest BCUT2D eigenvalue weighted by Crippen LogP contribution is 2.11. The summed E-state index contributed by atoms with van der Waals surface area (Å²) in [6, 6.07) is 12.5. The third kappa shape index (κ3) is 3.92. The number of nitrogens with zero attached hydrogens (tertiary/aromatic N) is 1. The Balaban J connectivity index is 1.90. The van der Waals surface area contributed by atoms with Gasteiger partial charge in [0, 0.05) is 11.9 Å². The summed E-state index contributed by atoms with van der Waals surface area (Å²) in [5.41, 5.74) is 2.21. The summed E-state index contributed by atoms with van der Waals surface area (Å²) in [6.45, 7) is 1.95. The number of hydrogen-bond donors (Lipinski definition) is 1. The van der Waals surface area contributed by atoms with Gasteiger partial charge >= 0.3 is 0 Å². The van der Waals surface area contributed by atoms with E-state index in [4.69, 9.17) is 0 Å².